The van der Waals surface area contributed by atoms with Crippen LogP contribution < -0.4 is 29.6 Å². The minimum Gasteiger partial charge on any atom is -0.478 e. The van der Waals surface area contributed by atoms with Crippen molar-refractivity contribution in [2.24, 2.45) is 0 Å². The smallest absolute Gasteiger partial charge is 0.343 e. The van der Waals surface area contributed by atoms with E-state index in [1.807, 2.05) is 0 Å². The maximum atomic E-state index is 14.0. The summed E-state index contributed by atoms with van der Waals surface area (Å²) < 4.78 is 51.3. The fraction of sp³-hybridized carbons (Fsp3) is 0. The number of hydrogen-bond donors (Lipinski definition) is 6. The topological polar surface area (TPSA) is 347 Å². The Balaban J connectivity index is 1.04. The number of halogens is 8. The first-order valence-corrected chi connectivity index (χ1v) is 31.9. The van der Waals surface area contributed by atoms with Gasteiger partial charge >= 0.3 is 47.8 Å². The molecule has 0 atom stereocenters. The van der Waals surface area contributed by atoms with Gasteiger partial charge in [0, 0.05) is 40.4 Å². The number of carboxylic acid groups (broad SMARTS) is 4. The Hall–Kier alpha value is -7.75. The van der Waals surface area contributed by atoms with E-state index in [0.29, 0.717) is 17.9 Å². The Morgan fingerprint density at radius 2 is 0.539 bits per heavy atom. The fourth-order valence-corrected chi connectivity index (χ4v) is 14.4. The van der Waals surface area contributed by atoms with Gasteiger partial charge in [-0.25, -0.2) is 46.8 Å². The van der Waals surface area contributed by atoms with Crippen LogP contribution in [0.2, 0.25) is 0 Å². The molecule has 8 aromatic rings. The van der Waals surface area contributed by atoms with Crippen molar-refractivity contribution in [2.45, 2.75) is 9.79 Å². The summed E-state index contributed by atoms with van der Waals surface area (Å²) in [6, 6.07) is 25.4. The van der Waals surface area contributed by atoms with Gasteiger partial charge in [0.05, 0.1) is 49.9 Å². The van der Waals surface area contributed by atoms with Gasteiger partial charge in [-0.05, 0) is 197 Å². The van der Waals surface area contributed by atoms with Crippen LogP contribution in [0, 0.1) is 0 Å². The number of carbonyl (C=O) groups is 10. The summed E-state index contributed by atoms with van der Waals surface area (Å²) >= 11 is 25.4. The zero-order valence-electron chi connectivity index (χ0n) is 43.5. The van der Waals surface area contributed by atoms with Crippen LogP contribution in [0.5, 0.6) is 23.0 Å². The van der Waals surface area contributed by atoms with Crippen LogP contribution in [0.15, 0.2) is 179 Å². The molecule has 8 rings (SSSR count). The van der Waals surface area contributed by atoms with Crippen molar-refractivity contribution in [3.05, 3.63) is 225 Å². The molecule has 0 aromatic heterocycles. The molecule has 0 heterocycles. The van der Waals surface area contributed by atoms with Crippen LogP contribution in [0.1, 0.15) is 104 Å². The van der Waals surface area contributed by atoms with Crippen LogP contribution in [0.25, 0.3) is 0 Å². The van der Waals surface area contributed by atoms with Gasteiger partial charge in [-0.15, -0.1) is 0 Å². The highest BCUT2D eigenvalue weighted by Gasteiger charge is 2.28. The SMILES string of the molecule is O=C(Nc1cc(C(=O)Oc2c(Br)cc(Br)cc2C(=O)O)cc(C(=O)Oc2c(Br)cc(Br)cc2C(=O)O)c1)c1ccc(S(=O)(=O)c2ccc(C(=O)Nc3cc(C(=O)Oc4c(Br)cc(Br)cc4C(=O)O)cc(C(=O)Oc4c(Br)cc(Br)cc4C(=O)O)c3)cc2)cc1. The molecule has 0 aliphatic heterocycles. The number of amides is 2. The highest BCUT2D eigenvalue weighted by atomic mass is 79.9. The number of benzene rings is 8. The van der Waals surface area contributed by atoms with Gasteiger partial charge in [0.1, 0.15) is 22.3 Å². The third-order valence-electron chi connectivity index (χ3n) is 11.9. The predicted octanol–water partition coefficient (Wildman–Crippen LogP) is 14.8. The summed E-state index contributed by atoms with van der Waals surface area (Å²) in [4.78, 5) is 131. The van der Waals surface area contributed by atoms with Gasteiger partial charge in [-0.3, -0.25) is 9.59 Å². The maximum absolute atomic E-state index is 14.0. The number of carboxylic acids is 4. The molecular weight excluding hydrogens is 1720 g/mol. The molecule has 0 unspecified atom stereocenters. The van der Waals surface area contributed by atoms with Crippen molar-refractivity contribution in [1.82, 2.24) is 0 Å². The Morgan fingerprint density at radius 3 is 0.753 bits per heavy atom. The van der Waals surface area contributed by atoms with Crippen molar-refractivity contribution in [1.29, 1.82) is 0 Å². The Morgan fingerprint density at radius 1 is 0.315 bits per heavy atom. The zero-order chi connectivity index (χ0) is 65.1. The number of anilines is 2. The van der Waals surface area contributed by atoms with E-state index in [2.05, 4.69) is 138 Å². The number of aromatic carboxylic acids is 4. The molecule has 89 heavy (non-hydrogen) atoms. The molecule has 22 nitrogen and oxygen atoms in total. The first-order chi connectivity index (χ1) is 41.9. The third-order valence-corrected chi connectivity index (χ3v) is 17.9. The lowest BCUT2D eigenvalue weighted by atomic mass is 10.1. The molecule has 0 spiro atoms. The Kier molecular flexibility index (Phi) is 21.1. The molecule has 6 N–H and O–H groups in total. The average molecular weight is 1740 g/mol. The van der Waals surface area contributed by atoms with Crippen molar-refractivity contribution in [3.63, 3.8) is 0 Å². The van der Waals surface area contributed by atoms with E-state index in [9.17, 15) is 76.8 Å². The fourth-order valence-electron chi connectivity index (χ4n) is 7.88. The van der Waals surface area contributed by atoms with Gasteiger partial charge in [-0.1, -0.05) is 63.7 Å². The number of rotatable bonds is 18. The second-order valence-corrected chi connectivity index (χ2v) is 26.9. The molecule has 0 aliphatic carbocycles. The highest BCUT2D eigenvalue weighted by molar-refractivity contribution is 9.12. The van der Waals surface area contributed by atoms with Gasteiger partial charge in [0.2, 0.25) is 9.84 Å². The van der Waals surface area contributed by atoms with Crippen LogP contribution >= 0.6 is 127 Å². The van der Waals surface area contributed by atoms with E-state index < -0.39 is 137 Å². The summed E-state index contributed by atoms with van der Waals surface area (Å²) in [6.45, 7) is 0. The summed E-state index contributed by atoms with van der Waals surface area (Å²) in [5.41, 5.74) is -4.35. The van der Waals surface area contributed by atoms with Gasteiger partial charge in [-0.2, -0.15) is 0 Å². The van der Waals surface area contributed by atoms with Crippen molar-refractivity contribution < 1.29 is 95.7 Å². The van der Waals surface area contributed by atoms with E-state index in [4.69, 9.17) is 18.9 Å². The minimum absolute atomic E-state index is 0.0380. The van der Waals surface area contributed by atoms with Gasteiger partial charge in [0.25, 0.3) is 11.8 Å². The monoisotopic (exact) mass is 1740 g/mol. The molecule has 0 aliphatic rings. The molecule has 0 saturated heterocycles. The molecule has 0 saturated carbocycles. The number of nitrogens with one attached hydrogen (secondary N) is 2. The average Bonchev–Trinajstić information content (AvgIpc) is 3.60. The standard InChI is InChI=1S/C58H28Br8N2O20S/c59-29-15-37(51(71)72)45(41(63)19-29)85-55(79)25-9-26(56(80)86-46-38(52(73)74)16-30(60)20-42(46)64)12-33(11-25)67-49(69)23-1-5-35(6-2-23)89(83,84)36-7-3-24(4-8-36)50(70)68-34-13-27(57(81)87-47-39(53(75)76)17-31(61)21-43(47)65)10-28(14-34)58(82)88-48-40(54(77)78)18-32(62)22-44(48)66/h1-22H,(H,67,69)(H,68,70)(H,71,72)(H,73,74)(H,75,76)(H,77,78). The Labute approximate surface area is 566 Å². The summed E-state index contributed by atoms with van der Waals surface area (Å²) in [5, 5.41) is 44.4. The molecule has 0 fully saturated rings. The highest BCUT2D eigenvalue weighted by Crippen LogP contribution is 2.39. The summed E-state index contributed by atoms with van der Waals surface area (Å²) in [6.07, 6.45) is 0. The Bertz CT molecular complexity index is 4040. The summed E-state index contributed by atoms with van der Waals surface area (Å²) in [5.74, 6) is -14.3. The molecule has 0 radical (unpaired) electrons. The number of carbonyl (C=O) groups excluding carboxylic acids is 6. The number of esters is 4. The van der Waals surface area contributed by atoms with Crippen LogP contribution in [0.4, 0.5) is 11.4 Å². The lowest BCUT2D eigenvalue weighted by molar-refractivity contribution is 0.0658. The maximum Gasteiger partial charge on any atom is 0.343 e. The molecule has 0 bridgehead atoms. The molecule has 452 valence electrons. The van der Waals surface area contributed by atoms with E-state index in [1.54, 1.807) is 0 Å². The number of hydrogen-bond acceptors (Lipinski definition) is 16. The van der Waals surface area contributed by atoms with Crippen molar-refractivity contribution in [2.75, 3.05) is 10.6 Å². The second-order valence-electron chi connectivity index (χ2n) is 17.9. The van der Waals surface area contributed by atoms with Gasteiger partial charge in [0.15, 0.2) is 23.0 Å². The normalized spacial score (nSPS) is 11.0. The van der Waals surface area contributed by atoms with Crippen molar-refractivity contribution in [3.8, 4) is 23.0 Å². The van der Waals surface area contributed by atoms with E-state index in [1.165, 1.54) is 24.3 Å². The number of sulfone groups is 1. The van der Waals surface area contributed by atoms with Crippen LogP contribution in [-0.4, -0.2) is 88.4 Å². The lowest BCUT2D eigenvalue weighted by Crippen LogP contribution is -2.18. The molecule has 31 heteroatoms. The summed E-state index contributed by atoms with van der Waals surface area (Å²) in [7, 11) is -4.40. The minimum atomic E-state index is -4.40. The first kappa shape index (κ1) is 67.2. The van der Waals surface area contributed by atoms with Crippen LogP contribution in [0.3, 0.4) is 0 Å². The molecule has 8 aromatic carbocycles. The van der Waals surface area contributed by atoms with E-state index in [-0.39, 0.29) is 50.2 Å². The largest absolute Gasteiger partial charge is 0.478 e. The molecular formula is C58H28Br8N2O20S. The zero-order valence-corrected chi connectivity index (χ0v) is 57.0. The van der Waals surface area contributed by atoms with E-state index in [0.717, 1.165) is 109 Å². The lowest BCUT2D eigenvalue weighted by Gasteiger charge is -2.14. The van der Waals surface area contributed by atoms with Crippen molar-refractivity contribution >= 4 is 208 Å². The first-order valence-electron chi connectivity index (χ1n) is 24.0. The van der Waals surface area contributed by atoms with E-state index >= 15 is 0 Å². The molecule has 2 amide bonds. The van der Waals surface area contributed by atoms with Crippen LogP contribution in [-0.2, 0) is 9.84 Å². The quantitative estimate of drug-likeness (QED) is 0.0343. The van der Waals surface area contributed by atoms with Gasteiger partial charge < -0.3 is 50.0 Å². The second kappa shape index (κ2) is 28.0. The third kappa shape index (κ3) is 15.8. The number of ether oxygens (including phenoxy) is 4. The predicted molar refractivity (Wildman–Crippen MR) is 342 cm³/mol.